The molecule has 0 amide bonds. The maximum absolute atomic E-state index is 5.90. The molecule has 2 rings (SSSR count). The lowest BCUT2D eigenvalue weighted by Gasteiger charge is -2.15. The van der Waals surface area contributed by atoms with E-state index < -0.39 is 0 Å². The van der Waals surface area contributed by atoms with E-state index in [1.807, 2.05) is 12.1 Å². The van der Waals surface area contributed by atoms with E-state index >= 15 is 0 Å². The Labute approximate surface area is 151 Å². The second-order valence-corrected chi connectivity index (χ2v) is 5.79. The molecule has 2 N–H and O–H groups in total. The van der Waals surface area contributed by atoms with Crippen molar-refractivity contribution in [3.63, 3.8) is 0 Å². The van der Waals surface area contributed by atoms with Crippen molar-refractivity contribution in [2.45, 2.75) is 39.7 Å². The van der Waals surface area contributed by atoms with Crippen molar-refractivity contribution < 1.29 is 4.74 Å². The van der Waals surface area contributed by atoms with Crippen LogP contribution >= 0.6 is 24.0 Å². The van der Waals surface area contributed by atoms with Crippen LogP contribution in [-0.4, -0.2) is 31.7 Å². The second-order valence-electron chi connectivity index (χ2n) is 5.79. The fourth-order valence-corrected chi connectivity index (χ4v) is 2.08. The first-order valence-corrected chi connectivity index (χ1v) is 7.93. The van der Waals surface area contributed by atoms with Crippen LogP contribution in [0.4, 0.5) is 0 Å². The zero-order valence-corrected chi connectivity index (χ0v) is 16.1. The number of benzene rings is 1. The Morgan fingerprint density at radius 2 is 2.14 bits per heavy atom. The molecule has 22 heavy (non-hydrogen) atoms. The fraction of sp³-hybridized carbons (Fsp3) is 0.588. The first kappa shape index (κ1) is 19.1. The smallest absolute Gasteiger partial charge is 0.191 e. The van der Waals surface area contributed by atoms with E-state index in [1.165, 1.54) is 18.4 Å². The molecule has 0 aliphatic heterocycles. The van der Waals surface area contributed by atoms with Crippen LogP contribution in [0, 0.1) is 12.8 Å². The summed E-state index contributed by atoms with van der Waals surface area (Å²) in [5.41, 5.74) is 1.21. The molecule has 0 heterocycles. The van der Waals surface area contributed by atoms with Gasteiger partial charge in [-0.15, -0.1) is 24.0 Å². The summed E-state index contributed by atoms with van der Waals surface area (Å²) in [5.74, 6) is 2.65. The van der Waals surface area contributed by atoms with Gasteiger partial charge in [-0.05, 0) is 57.2 Å². The van der Waals surface area contributed by atoms with Gasteiger partial charge in [0, 0.05) is 13.1 Å². The molecule has 1 atom stereocenters. The lowest BCUT2D eigenvalue weighted by molar-refractivity contribution is 0.230. The molecule has 0 aromatic heterocycles. The van der Waals surface area contributed by atoms with E-state index in [2.05, 4.69) is 48.5 Å². The van der Waals surface area contributed by atoms with Gasteiger partial charge in [-0.1, -0.05) is 12.1 Å². The third kappa shape index (κ3) is 7.33. The van der Waals surface area contributed by atoms with Gasteiger partial charge in [-0.25, -0.2) is 4.99 Å². The van der Waals surface area contributed by atoms with Crippen LogP contribution in [0.25, 0.3) is 0 Å². The molecule has 1 aromatic carbocycles. The number of aliphatic imine (C=N–C) groups is 1. The Morgan fingerprint density at radius 1 is 1.36 bits per heavy atom. The number of hydrogen-bond acceptors (Lipinski definition) is 2. The molecule has 1 unspecified atom stereocenters. The average Bonchev–Trinajstić information content (AvgIpc) is 3.26. The second kappa shape index (κ2) is 9.92. The van der Waals surface area contributed by atoms with Crippen LogP contribution < -0.4 is 15.4 Å². The largest absolute Gasteiger partial charge is 0.489 e. The minimum Gasteiger partial charge on any atom is -0.489 e. The normalized spacial score (nSPS) is 15.7. The van der Waals surface area contributed by atoms with Gasteiger partial charge < -0.3 is 15.4 Å². The molecule has 1 aliphatic carbocycles. The molecule has 0 saturated heterocycles. The highest BCUT2D eigenvalue weighted by Crippen LogP contribution is 2.27. The number of aryl methyl sites for hydroxylation is 1. The quantitative estimate of drug-likeness (QED) is 0.407. The predicted molar refractivity (Wildman–Crippen MR) is 103 cm³/mol. The van der Waals surface area contributed by atoms with Crippen molar-refractivity contribution in [1.29, 1.82) is 0 Å². The summed E-state index contributed by atoms with van der Waals surface area (Å²) < 4.78 is 5.90. The van der Waals surface area contributed by atoms with E-state index in [1.54, 1.807) is 0 Å². The lowest BCUT2D eigenvalue weighted by Crippen LogP contribution is -2.39. The van der Waals surface area contributed by atoms with Gasteiger partial charge in [0.2, 0.25) is 0 Å². The third-order valence-electron chi connectivity index (χ3n) is 3.43. The van der Waals surface area contributed by atoms with E-state index in [0.29, 0.717) is 6.54 Å². The van der Waals surface area contributed by atoms with Gasteiger partial charge in [0.05, 0.1) is 6.54 Å². The first-order chi connectivity index (χ1) is 10.2. The highest BCUT2D eigenvalue weighted by molar-refractivity contribution is 14.0. The summed E-state index contributed by atoms with van der Waals surface area (Å²) in [6.07, 6.45) is 2.75. The van der Waals surface area contributed by atoms with Crippen molar-refractivity contribution >= 4 is 29.9 Å². The molecule has 5 heteroatoms. The highest BCUT2D eigenvalue weighted by atomic mass is 127. The predicted octanol–water partition coefficient (Wildman–Crippen LogP) is 3.35. The molecule has 124 valence electrons. The van der Waals surface area contributed by atoms with E-state index in [9.17, 15) is 0 Å². The van der Waals surface area contributed by atoms with Crippen LogP contribution in [0.2, 0.25) is 0 Å². The van der Waals surface area contributed by atoms with Crippen molar-refractivity contribution in [2.75, 3.05) is 19.6 Å². The monoisotopic (exact) mass is 417 g/mol. The summed E-state index contributed by atoms with van der Waals surface area (Å²) in [6.45, 7) is 8.76. The van der Waals surface area contributed by atoms with Crippen LogP contribution in [0.1, 0.15) is 32.3 Å². The molecular weight excluding hydrogens is 389 g/mol. The number of ether oxygens (including phenoxy) is 1. The summed E-state index contributed by atoms with van der Waals surface area (Å²) in [4.78, 5) is 4.60. The van der Waals surface area contributed by atoms with Gasteiger partial charge in [0.25, 0.3) is 0 Å². The Bertz CT molecular complexity index is 475. The average molecular weight is 417 g/mol. The standard InChI is InChI=1S/C17H27N3O.HI/c1-4-18-17(20-12-15-8-9-15)19-11-14(3)21-16-7-5-6-13(2)10-16;/h5-7,10,14-15H,4,8-9,11-12H2,1-3H3,(H2,18,19,20);1H. The Hall–Kier alpha value is -0.980. The molecular formula is C17H28IN3O. The van der Waals surface area contributed by atoms with Crippen molar-refractivity contribution in [3.05, 3.63) is 29.8 Å². The minimum absolute atomic E-state index is 0. The van der Waals surface area contributed by atoms with Gasteiger partial charge >= 0.3 is 0 Å². The van der Waals surface area contributed by atoms with Crippen LogP contribution in [0.3, 0.4) is 0 Å². The molecule has 1 aromatic rings. The molecule has 1 saturated carbocycles. The van der Waals surface area contributed by atoms with Crippen LogP contribution in [-0.2, 0) is 0 Å². The first-order valence-electron chi connectivity index (χ1n) is 7.93. The fourth-order valence-electron chi connectivity index (χ4n) is 2.08. The van der Waals surface area contributed by atoms with Crippen molar-refractivity contribution in [2.24, 2.45) is 10.9 Å². The zero-order chi connectivity index (χ0) is 15.1. The Kier molecular flexibility index (Phi) is 8.60. The maximum atomic E-state index is 5.90. The Balaban J connectivity index is 0.00000242. The zero-order valence-electron chi connectivity index (χ0n) is 13.8. The number of rotatable bonds is 7. The highest BCUT2D eigenvalue weighted by Gasteiger charge is 2.21. The van der Waals surface area contributed by atoms with Crippen LogP contribution in [0.15, 0.2) is 29.3 Å². The molecule has 4 nitrogen and oxygen atoms in total. The number of nitrogens with one attached hydrogen (secondary N) is 2. The number of halogens is 1. The maximum Gasteiger partial charge on any atom is 0.191 e. The summed E-state index contributed by atoms with van der Waals surface area (Å²) in [6, 6.07) is 8.13. The molecule has 0 radical (unpaired) electrons. The minimum atomic E-state index is 0. The Morgan fingerprint density at radius 3 is 2.77 bits per heavy atom. The van der Waals surface area contributed by atoms with Crippen molar-refractivity contribution in [1.82, 2.24) is 10.6 Å². The number of hydrogen-bond donors (Lipinski definition) is 2. The van der Waals surface area contributed by atoms with E-state index in [-0.39, 0.29) is 30.1 Å². The van der Waals surface area contributed by atoms with Gasteiger partial charge in [0.15, 0.2) is 5.96 Å². The molecule has 0 spiro atoms. The van der Waals surface area contributed by atoms with Gasteiger partial charge in [-0.3, -0.25) is 0 Å². The number of nitrogens with zero attached hydrogens (tertiary/aromatic N) is 1. The van der Waals surface area contributed by atoms with E-state index in [4.69, 9.17) is 4.74 Å². The number of guanidine groups is 1. The topological polar surface area (TPSA) is 45.7 Å². The summed E-state index contributed by atoms with van der Waals surface area (Å²) in [7, 11) is 0. The van der Waals surface area contributed by atoms with E-state index in [0.717, 1.165) is 30.7 Å². The SMILES string of the molecule is CCNC(=NCC(C)Oc1cccc(C)c1)NCC1CC1.I. The molecule has 1 aliphatic rings. The summed E-state index contributed by atoms with van der Waals surface area (Å²) >= 11 is 0. The van der Waals surface area contributed by atoms with Crippen LogP contribution in [0.5, 0.6) is 5.75 Å². The van der Waals surface area contributed by atoms with Gasteiger partial charge in [-0.2, -0.15) is 0 Å². The van der Waals surface area contributed by atoms with Gasteiger partial charge in [0.1, 0.15) is 11.9 Å². The summed E-state index contributed by atoms with van der Waals surface area (Å²) in [5, 5.41) is 6.67. The molecule has 0 bridgehead atoms. The lowest BCUT2D eigenvalue weighted by atomic mass is 10.2. The molecule has 1 fully saturated rings. The third-order valence-corrected chi connectivity index (χ3v) is 3.43. The van der Waals surface area contributed by atoms with Crippen molar-refractivity contribution in [3.8, 4) is 5.75 Å².